The number of rotatable bonds is 4. The van der Waals surface area contributed by atoms with Crippen molar-refractivity contribution >= 4 is 51.7 Å². The highest BCUT2D eigenvalue weighted by atomic mass is 35.5. The molecule has 23 heavy (non-hydrogen) atoms. The maximum atomic E-state index is 11.7. The van der Waals surface area contributed by atoms with E-state index in [2.05, 4.69) is 10.3 Å². The first-order chi connectivity index (χ1) is 11.1. The number of anilines is 1. The monoisotopic (exact) mass is 364 g/mol. The molecule has 0 fully saturated rings. The van der Waals surface area contributed by atoms with Crippen LogP contribution in [0.5, 0.6) is 0 Å². The van der Waals surface area contributed by atoms with Crippen LogP contribution in [0.2, 0.25) is 10.0 Å². The number of nitrogens with one attached hydrogen (secondary N) is 1. The van der Waals surface area contributed by atoms with Crippen molar-refractivity contribution in [1.29, 1.82) is 0 Å². The van der Waals surface area contributed by atoms with Gasteiger partial charge in [-0.2, -0.15) is 0 Å². The van der Waals surface area contributed by atoms with Gasteiger partial charge in [0.2, 0.25) is 5.91 Å². The molecule has 0 atom stereocenters. The Labute approximate surface area is 146 Å². The average Bonchev–Trinajstić information content (AvgIpc) is 3.15. The Morgan fingerprint density at radius 2 is 2.00 bits per heavy atom. The molecule has 0 saturated heterocycles. The topological polar surface area (TPSA) is 55.1 Å². The lowest BCUT2D eigenvalue weighted by atomic mass is 10.2. The van der Waals surface area contributed by atoms with E-state index in [4.69, 9.17) is 27.6 Å². The van der Waals surface area contributed by atoms with Crippen molar-refractivity contribution < 1.29 is 9.21 Å². The lowest BCUT2D eigenvalue weighted by molar-refractivity contribution is -0.111. The molecular formula is C16H10Cl2N2O2S. The fourth-order valence-corrected chi connectivity index (χ4v) is 2.94. The molecule has 2 aromatic heterocycles. The molecule has 0 unspecified atom stereocenters. The predicted molar refractivity (Wildman–Crippen MR) is 93.9 cm³/mol. The minimum atomic E-state index is -0.274. The van der Waals surface area contributed by atoms with Crippen molar-refractivity contribution in [2.75, 3.05) is 5.32 Å². The number of hydrogen-bond donors (Lipinski definition) is 1. The number of carbonyl (C=O) groups excluding carboxylic acids is 1. The van der Waals surface area contributed by atoms with E-state index < -0.39 is 0 Å². The Balaban J connectivity index is 1.71. The second-order valence-electron chi connectivity index (χ2n) is 4.52. The third-order valence-electron chi connectivity index (χ3n) is 2.84. The normalized spacial score (nSPS) is 11.0. The van der Waals surface area contributed by atoms with E-state index in [1.807, 2.05) is 0 Å². The van der Waals surface area contributed by atoms with Gasteiger partial charge in [-0.3, -0.25) is 10.1 Å². The molecule has 0 aliphatic carbocycles. The summed E-state index contributed by atoms with van der Waals surface area (Å²) in [5.74, 6) is 0.892. The van der Waals surface area contributed by atoms with E-state index in [9.17, 15) is 4.79 Å². The molecule has 0 radical (unpaired) electrons. The molecule has 1 amide bonds. The van der Waals surface area contributed by atoms with Gasteiger partial charge >= 0.3 is 0 Å². The number of carbonyl (C=O) groups is 1. The van der Waals surface area contributed by atoms with Gasteiger partial charge in [-0.05, 0) is 36.4 Å². The summed E-state index contributed by atoms with van der Waals surface area (Å²) >= 11 is 13.3. The molecule has 0 spiro atoms. The van der Waals surface area contributed by atoms with E-state index in [-0.39, 0.29) is 5.91 Å². The number of thiazole rings is 1. The highest BCUT2D eigenvalue weighted by Gasteiger charge is 2.06. The zero-order chi connectivity index (χ0) is 16.2. The van der Waals surface area contributed by atoms with E-state index in [1.165, 1.54) is 17.4 Å². The molecule has 4 nitrogen and oxygen atoms in total. The molecule has 3 aromatic rings. The lowest BCUT2D eigenvalue weighted by Crippen LogP contribution is -2.06. The number of amides is 1. The largest absolute Gasteiger partial charge is 0.457 e. The molecule has 7 heteroatoms. The van der Waals surface area contributed by atoms with Crippen LogP contribution in [-0.4, -0.2) is 10.9 Å². The van der Waals surface area contributed by atoms with Crippen LogP contribution < -0.4 is 5.32 Å². The maximum Gasteiger partial charge on any atom is 0.250 e. The fourth-order valence-electron chi connectivity index (χ4n) is 1.88. The van der Waals surface area contributed by atoms with Crippen molar-refractivity contribution in [3.8, 4) is 11.3 Å². The first-order valence-electron chi connectivity index (χ1n) is 6.55. The molecule has 0 bridgehead atoms. The van der Waals surface area contributed by atoms with Gasteiger partial charge in [-0.15, -0.1) is 11.3 Å². The summed E-state index contributed by atoms with van der Waals surface area (Å²) in [4.78, 5) is 15.7. The summed E-state index contributed by atoms with van der Waals surface area (Å²) in [6, 6.07) is 8.72. The SMILES string of the molecule is O=C(/C=C/c1ccc(-c2cc(Cl)cc(Cl)c2)o1)Nc1nccs1. The smallest absolute Gasteiger partial charge is 0.250 e. The summed E-state index contributed by atoms with van der Waals surface area (Å²) in [5, 5.41) is 6.05. The number of halogens is 2. The zero-order valence-corrected chi connectivity index (χ0v) is 14.0. The van der Waals surface area contributed by atoms with E-state index >= 15 is 0 Å². The van der Waals surface area contributed by atoms with Crippen molar-refractivity contribution in [2.24, 2.45) is 0 Å². The van der Waals surface area contributed by atoms with Crippen LogP contribution in [-0.2, 0) is 4.79 Å². The van der Waals surface area contributed by atoms with Crippen LogP contribution in [0.1, 0.15) is 5.76 Å². The third-order valence-corrected chi connectivity index (χ3v) is 3.96. The minimum absolute atomic E-state index is 0.274. The Morgan fingerprint density at radius 1 is 1.22 bits per heavy atom. The number of hydrogen-bond acceptors (Lipinski definition) is 4. The third kappa shape index (κ3) is 4.22. The van der Waals surface area contributed by atoms with Gasteiger partial charge < -0.3 is 4.42 Å². The summed E-state index contributed by atoms with van der Waals surface area (Å²) in [6.07, 6.45) is 4.59. The zero-order valence-electron chi connectivity index (χ0n) is 11.6. The number of benzene rings is 1. The molecule has 0 aliphatic heterocycles. The van der Waals surface area contributed by atoms with Crippen LogP contribution >= 0.6 is 34.5 Å². The second kappa shape index (κ2) is 7.00. The van der Waals surface area contributed by atoms with Gasteiger partial charge in [0, 0.05) is 33.3 Å². The van der Waals surface area contributed by atoms with Crippen molar-refractivity contribution in [2.45, 2.75) is 0 Å². The Bertz CT molecular complexity index is 837. The van der Waals surface area contributed by atoms with E-state index in [0.29, 0.717) is 26.7 Å². The average molecular weight is 365 g/mol. The Kier molecular flexibility index (Phi) is 4.81. The fraction of sp³-hybridized carbons (Fsp3) is 0. The quantitative estimate of drug-likeness (QED) is 0.633. The van der Waals surface area contributed by atoms with Crippen LogP contribution in [0.25, 0.3) is 17.4 Å². The first kappa shape index (κ1) is 15.8. The van der Waals surface area contributed by atoms with Gasteiger partial charge in [0.15, 0.2) is 5.13 Å². The number of furan rings is 1. The van der Waals surface area contributed by atoms with Crippen molar-refractivity contribution in [3.63, 3.8) is 0 Å². The van der Waals surface area contributed by atoms with Gasteiger partial charge in [-0.1, -0.05) is 23.2 Å². The van der Waals surface area contributed by atoms with Crippen LogP contribution in [0.15, 0.2) is 52.4 Å². The van der Waals surface area contributed by atoms with Crippen LogP contribution in [0.3, 0.4) is 0 Å². The summed E-state index contributed by atoms with van der Waals surface area (Å²) in [7, 11) is 0. The second-order valence-corrected chi connectivity index (χ2v) is 6.29. The van der Waals surface area contributed by atoms with Crippen molar-refractivity contribution in [3.05, 3.63) is 63.8 Å². The molecule has 3 rings (SSSR count). The Morgan fingerprint density at radius 3 is 2.70 bits per heavy atom. The van der Waals surface area contributed by atoms with Crippen molar-refractivity contribution in [1.82, 2.24) is 4.98 Å². The van der Waals surface area contributed by atoms with Gasteiger partial charge in [0.05, 0.1) is 0 Å². The van der Waals surface area contributed by atoms with Gasteiger partial charge in [0.1, 0.15) is 11.5 Å². The maximum absolute atomic E-state index is 11.7. The van der Waals surface area contributed by atoms with Gasteiger partial charge in [0.25, 0.3) is 0 Å². The van der Waals surface area contributed by atoms with Crippen LogP contribution in [0, 0.1) is 0 Å². The lowest BCUT2D eigenvalue weighted by Gasteiger charge is -1.99. The molecule has 116 valence electrons. The minimum Gasteiger partial charge on any atom is -0.457 e. The Hall–Kier alpha value is -2.08. The van der Waals surface area contributed by atoms with Crippen LogP contribution in [0.4, 0.5) is 5.13 Å². The summed E-state index contributed by atoms with van der Waals surface area (Å²) in [5.41, 5.74) is 0.773. The van der Waals surface area contributed by atoms with E-state index in [0.717, 1.165) is 5.56 Å². The molecule has 0 saturated carbocycles. The number of nitrogens with zero attached hydrogens (tertiary/aromatic N) is 1. The van der Waals surface area contributed by atoms with E-state index in [1.54, 1.807) is 48.0 Å². The molecular weight excluding hydrogens is 355 g/mol. The van der Waals surface area contributed by atoms with Gasteiger partial charge in [-0.25, -0.2) is 4.98 Å². The molecule has 1 N–H and O–H groups in total. The standard InChI is InChI=1S/C16H10Cl2N2O2S/c17-11-7-10(8-12(18)9-11)14-3-1-13(22-14)2-4-15(21)20-16-19-5-6-23-16/h1-9H,(H,19,20,21)/b4-2+. The predicted octanol–water partition coefficient (Wildman–Crippen LogP) is 5.36. The first-order valence-corrected chi connectivity index (χ1v) is 8.18. The summed E-state index contributed by atoms with van der Waals surface area (Å²) in [6.45, 7) is 0. The molecule has 1 aromatic carbocycles. The molecule has 0 aliphatic rings. The highest BCUT2D eigenvalue weighted by molar-refractivity contribution is 7.13. The summed E-state index contributed by atoms with van der Waals surface area (Å²) < 4.78 is 5.67. The number of aromatic nitrogens is 1. The highest BCUT2D eigenvalue weighted by Crippen LogP contribution is 2.28. The molecule has 2 heterocycles.